The summed E-state index contributed by atoms with van der Waals surface area (Å²) in [5, 5.41) is 9.72. The maximum absolute atomic E-state index is 12.0. The molecule has 1 saturated heterocycles. The Balaban J connectivity index is 2.59. The molecule has 1 rings (SSSR count). The Kier molecular flexibility index (Phi) is 10.5. The second-order valence-corrected chi connectivity index (χ2v) is 8.50. The van der Waals surface area contributed by atoms with Gasteiger partial charge in [0.05, 0.1) is 0 Å². The minimum atomic E-state index is -0.485. The van der Waals surface area contributed by atoms with Gasteiger partial charge in [-0.1, -0.05) is 19.8 Å². The molecule has 7 nitrogen and oxygen atoms in total. The Morgan fingerprint density at radius 1 is 1.30 bits per heavy atom. The third-order valence-electron chi connectivity index (χ3n) is 4.48. The van der Waals surface area contributed by atoms with E-state index in [9.17, 15) is 4.79 Å². The monoisotopic (exact) mass is 383 g/mol. The smallest absolute Gasteiger partial charge is 0.407 e. The van der Waals surface area contributed by atoms with Gasteiger partial charge in [0.25, 0.3) is 0 Å². The Labute approximate surface area is 165 Å². The number of guanidine groups is 1. The lowest BCUT2D eigenvalue weighted by atomic mass is 10.1. The third-order valence-corrected chi connectivity index (χ3v) is 4.48. The zero-order valence-corrected chi connectivity index (χ0v) is 18.2. The predicted molar refractivity (Wildman–Crippen MR) is 112 cm³/mol. The van der Waals surface area contributed by atoms with Crippen LogP contribution in [0.1, 0.15) is 60.3 Å². The van der Waals surface area contributed by atoms with Crippen molar-refractivity contribution < 1.29 is 9.53 Å². The maximum atomic E-state index is 12.0. The lowest BCUT2D eigenvalue weighted by Crippen LogP contribution is -2.49. The van der Waals surface area contributed by atoms with Gasteiger partial charge < -0.3 is 25.6 Å². The van der Waals surface area contributed by atoms with E-state index in [1.165, 1.54) is 6.42 Å². The molecule has 0 aromatic heterocycles. The molecule has 1 heterocycles. The van der Waals surface area contributed by atoms with E-state index in [-0.39, 0.29) is 12.1 Å². The Morgan fingerprint density at radius 3 is 2.59 bits per heavy atom. The molecule has 1 aliphatic rings. The average Bonchev–Trinajstić information content (AvgIpc) is 2.99. The fraction of sp³-hybridized carbons (Fsp3) is 0.900. The molecule has 3 N–H and O–H groups in total. The molecule has 1 aliphatic heterocycles. The van der Waals surface area contributed by atoms with E-state index in [2.05, 4.69) is 41.7 Å². The lowest BCUT2D eigenvalue weighted by molar-refractivity contribution is 0.0523. The quantitative estimate of drug-likeness (QED) is 0.421. The summed E-state index contributed by atoms with van der Waals surface area (Å²) in [5.74, 6) is 1.46. The first kappa shape index (κ1) is 23.5. The number of hydrogen-bond acceptors (Lipinski definition) is 4. The summed E-state index contributed by atoms with van der Waals surface area (Å²) in [7, 11) is 2.16. The van der Waals surface area contributed by atoms with E-state index < -0.39 is 5.60 Å². The normalized spacial score (nSPS) is 19.6. The zero-order valence-electron chi connectivity index (χ0n) is 18.2. The molecule has 27 heavy (non-hydrogen) atoms. The number of carbonyl (C=O) groups is 1. The predicted octanol–water partition coefficient (Wildman–Crippen LogP) is 2.58. The van der Waals surface area contributed by atoms with Gasteiger partial charge in [-0.15, -0.1) is 0 Å². The SMILES string of the molecule is CCCCC(CNC(=O)OC(C)(C)C)NC(=NCC1CCN(C)C1)NCC. The topological polar surface area (TPSA) is 78.0 Å². The summed E-state index contributed by atoms with van der Waals surface area (Å²) >= 11 is 0. The molecule has 0 spiro atoms. The highest BCUT2D eigenvalue weighted by Crippen LogP contribution is 2.14. The van der Waals surface area contributed by atoms with E-state index in [0.29, 0.717) is 12.5 Å². The van der Waals surface area contributed by atoms with Crippen molar-refractivity contribution in [2.45, 2.75) is 71.9 Å². The Morgan fingerprint density at radius 2 is 2.04 bits per heavy atom. The molecule has 0 bridgehead atoms. The molecule has 1 amide bonds. The van der Waals surface area contributed by atoms with Crippen LogP contribution in [-0.4, -0.2) is 68.4 Å². The number of likely N-dealkylation sites (tertiary alicyclic amines) is 1. The maximum Gasteiger partial charge on any atom is 0.407 e. The van der Waals surface area contributed by atoms with Crippen LogP contribution in [0.4, 0.5) is 4.79 Å². The van der Waals surface area contributed by atoms with E-state index in [4.69, 9.17) is 9.73 Å². The summed E-state index contributed by atoms with van der Waals surface area (Å²) in [6.45, 7) is 14.3. The Hall–Kier alpha value is -1.50. The number of rotatable bonds is 9. The lowest BCUT2D eigenvalue weighted by Gasteiger charge is -2.24. The van der Waals surface area contributed by atoms with E-state index in [0.717, 1.165) is 51.4 Å². The molecule has 0 aromatic rings. The van der Waals surface area contributed by atoms with Crippen LogP contribution < -0.4 is 16.0 Å². The van der Waals surface area contributed by atoms with Crippen LogP contribution in [0, 0.1) is 5.92 Å². The fourth-order valence-electron chi connectivity index (χ4n) is 3.11. The highest BCUT2D eigenvalue weighted by molar-refractivity contribution is 5.80. The number of nitrogens with one attached hydrogen (secondary N) is 3. The van der Waals surface area contributed by atoms with Crippen molar-refractivity contribution in [2.75, 3.05) is 39.8 Å². The minimum absolute atomic E-state index is 0.126. The van der Waals surface area contributed by atoms with Crippen molar-refractivity contribution in [3.63, 3.8) is 0 Å². The summed E-state index contributed by atoms with van der Waals surface area (Å²) in [6.07, 6.45) is 4.02. The molecular formula is C20H41N5O2. The number of ether oxygens (including phenoxy) is 1. The zero-order chi connectivity index (χ0) is 20.3. The van der Waals surface area contributed by atoms with Crippen molar-refractivity contribution in [1.29, 1.82) is 0 Å². The van der Waals surface area contributed by atoms with Crippen molar-refractivity contribution in [3.05, 3.63) is 0 Å². The number of hydrogen-bond donors (Lipinski definition) is 3. The van der Waals surface area contributed by atoms with E-state index >= 15 is 0 Å². The number of carbonyl (C=O) groups excluding carboxylic acids is 1. The number of aliphatic imine (C=N–C) groups is 1. The van der Waals surface area contributed by atoms with Gasteiger partial charge >= 0.3 is 6.09 Å². The second-order valence-electron chi connectivity index (χ2n) is 8.50. The highest BCUT2D eigenvalue weighted by Gasteiger charge is 2.20. The molecule has 0 aliphatic carbocycles. The third kappa shape index (κ3) is 11.1. The van der Waals surface area contributed by atoms with Crippen LogP contribution in [0.25, 0.3) is 0 Å². The summed E-state index contributed by atoms with van der Waals surface area (Å²) < 4.78 is 5.34. The number of amides is 1. The first-order chi connectivity index (χ1) is 12.7. The number of alkyl carbamates (subject to hydrolysis) is 1. The van der Waals surface area contributed by atoms with Crippen molar-refractivity contribution in [3.8, 4) is 0 Å². The van der Waals surface area contributed by atoms with Gasteiger partial charge in [0.2, 0.25) is 0 Å². The standard InChI is InChI=1S/C20H41N5O2/c1-7-9-10-17(14-23-19(26)27-20(3,4)5)24-18(21-8-2)22-13-16-11-12-25(6)15-16/h16-17H,7-15H2,1-6H3,(H,23,26)(H2,21,22,24). The van der Waals surface area contributed by atoms with Gasteiger partial charge in [-0.2, -0.15) is 0 Å². The van der Waals surface area contributed by atoms with Crippen molar-refractivity contribution in [2.24, 2.45) is 10.9 Å². The van der Waals surface area contributed by atoms with Crippen LogP contribution in [0.15, 0.2) is 4.99 Å². The van der Waals surface area contributed by atoms with Gasteiger partial charge in [-0.05, 0) is 60.0 Å². The van der Waals surface area contributed by atoms with Crippen LogP contribution in [-0.2, 0) is 4.74 Å². The minimum Gasteiger partial charge on any atom is -0.444 e. The first-order valence-corrected chi connectivity index (χ1v) is 10.4. The summed E-state index contributed by atoms with van der Waals surface area (Å²) in [6, 6.07) is 0.126. The number of nitrogens with zero attached hydrogens (tertiary/aromatic N) is 2. The largest absolute Gasteiger partial charge is 0.444 e. The molecular weight excluding hydrogens is 342 g/mol. The molecule has 2 atom stereocenters. The van der Waals surface area contributed by atoms with Gasteiger partial charge in [0.15, 0.2) is 5.96 Å². The molecule has 1 fully saturated rings. The number of unbranched alkanes of at least 4 members (excludes halogenated alkanes) is 1. The molecule has 0 aromatic carbocycles. The first-order valence-electron chi connectivity index (χ1n) is 10.4. The molecule has 0 saturated carbocycles. The fourth-order valence-corrected chi connectivity index (χ4v) is 3.11. The van der Waals surface area contributed by atoms with Crippen LogP contribution in [0.5, 0.6) is 0 Å². The average molecular weight is 384 g/mol. The molecule has 158 valence electrons. The van der Waals surface area contributed by atoms with Crippen LogP contribution in [0.2, 0.25) is 0 Å². The van der Waals surface area contributed by atoms with Crippen molar-refractivity contribution in [1.82, 2.24) is 20.9 Å². The highest BCUT2D eigenvalue weighted by atomic mass is 16.6. The molecule has 2 unspecified atom stereocenters. The summed E-state index contributed by atoms with van der Waals surface area (Å²) in [4.78, 5) is 19.1. The Bertz CT molecular complexity index is 462. The van der Waals surface area contributed by atoms with Gasteiger partial charge in [0.1, 0.15) is 5.60 Å². The summed E-state index contributed by atoms with van der Waals surface area (Å²) in [5.41, 5.74) is -0.485. The second kappa shape index (κ2) is 12.1. The molecule has 0 radical (unpaired) electrons. The van der Waals surface area contributed by atoms with Gasteiger partial charge in [-0.25, -0.2) is 4.79 Å². The van der Waals surface area contributed by atoms with Crippen LogP contribution >= 0.6 is 0 Å². The van der Waals surface area contributed by atoms with Crippen LogP contribution in [0.3, 0.4) is 0 Å². The van der Waals surface area contributed by atoms with Gasteiger partial charge in [-0.3, -0.25) is 4.99 Å². The molecule has 7 heteroatoms. The van der Waals surface area contributed by atoms with Crippen molar-refractivity contribution >= 4 is 12.1 Å². The van der Waals surface area contributed by atoms with E-state index in [1.54, 1.807) is 0 Å². The van der Waals surface area contributed by atoms with Gasteiger partial charge in [0, 0.05) is 32.2 Å². The van der Waals surface area contributed by atoms with E-state index in [1.807, 2.05) is 20.8 Å².